The number of hydrogen-bond donors (Lipinski definition) is 2. The van der Waals surface area contributed by atoms with Crippen LogP contribution in [0.1, 0.15) is 263 Å². The summed E-state index contributed by atoms with van der Waals surface area (Å²) >= 11 is 0. The van der Waals surface area contributed by atoms with Gasteiger partial charge in [-0.25, -0.2) is 0 Å². The third kappa shape index (κ3) is 21.2. The van der Waals surface area contributed by atoms with Crippen molar-refractivity contribution in [3.05, 3.63) is 129 Å². The van der Waals surface area contributed by atoms with E-state index in [4.69, 9.17) is 11.5 Å². The van der Waals surface area contributed by atoms with Gasteiger partial charge in [0.1, 0.15) is 0 Å². The molecule has 2 nitrogen and oxygen atoms in total. The smallest absolute Gasteiger partial charge is 0.0316 e. The molecule has 0 aliphatic heterocycles. The van der Waals surface area contributed by atoms with Crippen LogP contribution in [0.25, 0.3) is 0 Å². The molecule has 4 rings (SSSR count). The lowest BCUT2D eigenvalue weighted by Crippen LogP contribution is -2.05. The molecule has 64 heavy (non-hydrogen) atoms. The summed E-state index contributed by atoms with van der Waals surface area (Å²) in [6, 6.07) is 32.4. The van der Waals surface area contributed by atoms with Gasteiger partial charge < -0.3 is 11.5 Å². The summed E-state index contributed by atoms with van der Waals surface area (Å²) in [7, 11) is 0. The first-order valence-electron chi connectivity index (χ1n) is 27.3. The summed E-state index contributed by atoms with van der Waals surface area (Å²) in [5, 5.41) is 0. The molecule has 0 bridgehead atoms. The van der Waals surface area contributed by atoms with Crippen LogP contribution in [-0.2, 0) is 12.8 Å². The maximum absolute atomic E-state index is 6.13. The molecule has 4 aromatic rings. The molecule has 0 aliphatic carbocycles. The van der Waals surface area contributed by atoms with Gasteiger partial charge in [0.15, 0.2) is 0 Å². The molecule has 0 fully saturated rings. The number of nitrogens with two attached hydrogens (primary N) is 2. The molecular formula is C62H96N2. The Bertz CT molecular complexity index is 1620. The van der Waals surface area contributed by atoms with Crippen molar-refractivity contribution >= 4 is 11.4 Å². The van der Waals surface area contributed by atoms with E-state index in [0.717, 1.165) is 11.4 Å². The first kappa shape index (κ1) is 53.1. The van der Waals surface area contributed by atoms with E-state index in [1.165, 1.54) is 250 Å². The summed E-state index contributed by atoms with van der Waals surface area (Å²) in [4.78, 5) is 0. The maximum Gasteiger partial charge on any atom is 0.0316 e. The van der Waals surface area contributed by atoms with Gasteiger partial charge in [0, 0.05) is 23.2 Å². The van der Waals surface area contributed by atoms with Gasteiger partial charge in [-0.2, -0.15) is 0 Å². The van der Waals surface area contributed by atoms with Crippen molar-refractivity contribution in [2.75, 3.05) is 11.5 Å². The first-order valence-corrected chi connectivity index (χ1v) is 27.3. The van der Waals surface area contributed by atoms with E-state index >= 15 is 0 Å². The SMILES string of the molecule is CCCCCCCCC(c1ccc(CCCCCCCCCCCCCCCCCCc2ccc(C(CCCCCCCC)c3ccc(N)cc3C)cc2)cc1)c1ccc(N)cc1C. The van der Waals surface area contributed by atoms with Gasteiger partial charge in [0.25, 0.3) is 0 Å². The molecule has 0 saturated heterocycles. The van der Waals surface area contributed by atoms with E-state index in [1.54, 1.807) is 0 Å². The molecule has 2 unspecified atom stereocenters. The second-order valence-electron chi connectivity index (χ2n) is 20.1. The molecule has 2 atom stereocenters. The van der Waals surface area contributed by atoms with Gasteiger partial charge in [-0.15, -0.1) is 0 Å². The normalized spacial score (nSPS) is 12.5. The number of anilines is 2. The van der Waals surface area contributed by atoms with Crippen molar-refractivity contribution in [1.82, 2.24) is 0 Å². The van der Waals surface area contributed by atoms with Gasteiger partial charge in [0.2, 0.25) is 0 Å². The van der Waals surface area contributed by atoms with Gasteiger partial charge in [-0.3, -0.25) is 0 Å². The van der Waals surface area contributed by atoms with Crippen LogP contribution in [0.15, 0.2) is 84.9 Å². The predicted octanol–water partition coefficient (Wildman–Crippen LogP) is 19.3. The Morgan fingerprint density at radius 3 is 0.906 bits per heavy atom. The highest BCUT2D eigenvalue weighted by molar-refractivity contribution is 5.49. The van der Waals surface area contributed by atoms with Crippen LogP contribution in [0.3, 0.4) is 0 Å². The molecule has 0 saturated carbocycles. The molecule has 0 aromatic heterocycles. The summed E-state index contributed by atoms with van der Waals surface area (Å²) in [6.45, 7) is 9.06. The fraction of sp³-hybridized carbons (Fsp3) is 0.613. The first-order chi connectivity index (χ1) is 31.4. The molecule has 354 valence electrons. The second kappa shape index (κ2) is 33.0. The zero-order chi connectivity index (χ0) is 45.5. The Balaban J connectivity index is 0.981. The molecule has 0 heterocycles. The van der Waals surface area contributed by atoms with Crippen molar-refractivity contribution in [2.24, 2.45) is 0 Å². The van der Waals surface area contributed by atoms with Crippen LogP contribution in [-0.4, -0.2) is 0 Å². The van der Waals surface area contributed by atoms with Crippen LogP contribution in [0.2, 0.25) is 0 Å². The molecule has 0 aliphatic rings. The molecule has 0 radical (unpaired) electrons. The monoisotopic (exact) mass is 869 g/mol. The largest absolute Gasteiger partial charge is 0.399 e. The van der Waals surface area contributed by atoms with E-state index in [9.17, 15) is 0 Å². The fourth-order valence-corrected chi connectivity index (χ4v) is 10.4. The van der Waals surface area contributed by atoms with Gasteiger partial charge in [0.05, 0.1) is 0 Å². The van der Waals surface area contributed by atoms with Crippen molar-refractivity contribution in [2.45, 2.75) is 245 Å². The Morgan fingerprint density at radius 2 is 0.609 bits per heavy atom. The minimum absolute atomic E-state index is 0.466. The third-order valence-corrected chi connectivity index (χ3v) is 14.5. The van der Waals surface area contributed by atoms with E-state index in [2.05, 4.69) is 113 Å². The third-order valence-electron chi connectivity index (χ3n) is 14.5. The van der Waals surface area contributed by atoms with Crippen LogP contribution >= 0.6 is 0 Å². The van der Waals surface area contributed by atoms with Gasteiger partial charge in [-0.05, 0) is 121 Å². The number of hydrogen-bond acceptors (Lipinski definition) is 2. The van der Waals surface area contributed by atoms with Crippen LogP contribution < -0.4 is 11.5 Å². The van der Waals surface area contributed by atoms with Crippen molar-refractivity contribution in [3.63, 3.8) is 0 Å². The average Bonchev–Trinajstić information content (AvgIpc) is 3.29. The summed E-state index contributed by atoms with van der Waals surface area (Å²) in [5.74, 6) is 0.932. The van der Waals surface area contributed by atoms with Crippen molar-refractivity contribution < 1.29 is 0 Å². The lowest BCUT2D eigenvalue weighted by molar-refractivity contribution is 0.528. The molecule has 0 amide bonds. The zero-order valence-corrected chi connectivity index (χ0v) is 42.0. The molecular weight excluding hydrogens is 773 g/mol. The Kier molecular flexibility index (Phi) is 27.4. The Hall–Kier alpha value is -3.52. The van der Waals surface area contributed by atoms with Crippen LogP contribution in [0, 0.1) is 13.8 Å². The number of rotatable bonds is 37. The van der Waals surface area contributed by atoms with Gasteiger partial charge >= 0.3 is 0 Å². The molecule has 2 heteroatoms. The topological polar surface area (TPSA) is 52.0 Å². The summed E-state index contributed by atoms with van der Waals surface area (Å²) in [5.41, 5.74) is 25.5. The summed E-state index contributed by atoms with van der Waals surface area (Å²) in [6.07, 6.45) is 43.4. The minimum Gasteiger partial charge on any atom is -0.399 e. The number of unbranched alkanes of at least 4 members (excludes halogenated alkanes) is 25. The van der Waals surface area contributed by atoms with Crippen LogP contribution in [0.4, 0.5) is 11.4 Å². The lowest BCUT2D eigenvalue weighted by atomic mass is 9.84. The highest BCUT2D eigenvalue weighted by Gasteiger charge is 2.18. The second-order valence-corrected chi connectivity index (χ2v) is 20.1. The molecule has 4 aromatic carbocycles. The van der Waals surface area contributed by atoms with E-state index < -0.39 is 0 Å². The Morgan fingerprint density at radius 1 is 0.328 bits per heavy atom. The number of nitrogen functional groups attached to an aromatic ring is 2. The van der Waals surface area contributed by atoms with Crippen molar-refractivity contribution in [1.29, 1.82) is 0 Å². The van der Waals surface area contributed by atoms with E-state index in [-0.39, 0.29) is 0 Å². The van der Waals surface area contributed by atoms with Gasteiger partial charge in [-0.1, -0.05) is 241 Å². The number of aryl methyl sites for hydroxylation is 4. The Labute approximate surface area is 395 Å². The quantitative estimate of drug-likeness (QED) is 0.0350. The predicted molar refractivity (Wildman–Crippen MR) is 285 cm³/mol. The van der Waals surface area contributed by atoms with Crippen molar-refractivity contribution in [3.8, 4) is 0 Å². The highest BCUT2D eigenvalue weighted by atomic mass is 14.5. The van der Waals surface area contributed by atoms with Crippen LogP contribution in [0.5, 0.6) is 0 Å². The highest BCUT2D eigenvalue weighted by Crippen LogP contribution is 2.35. The zero-order valence-electron chi connectivity index (χ0n) is 42.0. The summed E-state index contributed by atoms with van der Waals surface area (Å²) < 4.78 is 0. The van der Waals surface area contributed by atoms with E-state index in [1.807, 2.05) is 0 Å². The fourth-order valence-electron chi connectivity index (χ4n) is 10.4. The van der Waals surface area contributed by atoms with E-state index in [0.29, 0.717) is 11.8 Å². The standard InChI is InChI=1S/C62H96N2/c1-5-7-9-11-27-31-35-61(59-47-45-57(63)49-51(59)3)55-41-37-53(38-42-55)33-29-25-23-21-19-17-15-13-14-16-18-20-22-24-26-30-34-54-39-43-56(44-40-54)62(36-32-28-12-10-8-6-2)60-48-46-58(64)50-52(60)4/h37-50,61-62H,5-36,63-64H2,1-4H3. The average molecular weight is 869 g/mol. The molecule has 0 spiro atoms. The molecule has 4 N–H and O–H groups in total. The number of benzene rings is 4. The lowest BCUT2D eigenvalue weighted by Gasteiger charge is -2.21. The maximum atomic E-state index is 6.13. The minimum atomic E-state index is 0.466.